The molecule has 1 aliphatic heterocycles. The maximum absolute atomic E-state index is 4.64. The van der Waals surface area contributed by atoms with Gasteiger partial charge < -0.3 is 9.88 Å². The van der Waals surface area contributed by atoms with Gasteiger partial charge >= 0.3 is 0 Å². The number of nitrogens with zero attached hydrogens (tertiary/aromatic N) is 2. The van der Waals surface area contributed by atoms with Gasteiger partial charge in [0.1, 0.15) is 0 Å². The molecule has 100 valence electrons. The van der Waals surface area contributed by atoms with Gasteiger partial charge in [0.15, 0.2) is 5.16 Å². The highest BCUT2D eigenvalue weighted by Gasteiger charge is 2.16. The first kappa shape index (κ1) is 13.7. The Hall–Kier alpha value is -0.740. The van der Waals surface area contributed by atoms with E-state index in [0.29, 0.717) is 12.0 Å². The molecule has 0 radical (unpaired) electrons. The Morgan fingerprint density at radius 1 is 1.67 bits per heavy atom. The molecule has 2 unspecified atom stereocenters. The van der Waals surface area contributed by atoms with Gasteiger partial charge in [0.2, 0.25) is 0 Å². The van der Waals surface area contributed by atoms with Gasteiger partial charge in [0.05, 0.1) is 5.69 Å². The molecule has 0 saturated heterocycles. The van der Waals surface area contributed by atoms with Crippen molar-refractivity contribution in [1.29, 1.82) is 0 Å². The molecule has 0 amide bonds. The first-order valence-corrected chi connectivity index (χ1v) is 7.76. The van der Waals surface area contributed by atoms with E-state index in [1.54, 1.807) is 0 Å². The molecule has 3 nitrogen and oxygen atoms in total. The van der Waals surface area contributed by atoms with E-state index in [2.05, 4.69) is 41.5 Å². The second-order valence-corrected chi connectivity index (χ2v) is 5.98. The maximum atomic E-state index is 4.64. The van der Waals surface area contributed by atoms with Gasteiger partial charge in [-0.05, 0) is 19.3 Å². The third kappa shape index (κ3) is 3.18. The van der Waals surface area contributed by atoms with Crippen molar-refractivity contribution in [1.82, 2.24) is 14.9 Å². The van der Waals surface area contributed by atoms with E-state index < -0.39 is 0 Å². The number of aryl methyl sites for hydroxylation is 1. The molecule has 18 heavy (non-hydrogen) atoms. The number of nitrogens with one attached hydrogen (secondary N) is 1. The zero-order chi connectivity index (χ0) is 13.0. The molecule has 2 rings (SSSR count). The van der Waals surface area contributed by atoms with Gasteiger partial charge in [0.25, 0.3) is 0 Å². The molecule has 0 spiro atoms. The maximum Gasteiger partial charge on any atom is 0.168 e. The third-order valence-corrected chi connectivity index (χ3v) is 4.63. The fraction of sp³-hybridized carbons (Fsp3) is 0.643. The molecule has 0 fully saturated rings. The predicted molar refractivity (Wildman–Crippen MR) is 77.8 cm³/mol. The van der Waals surface area contributed by atoms with Gasteiger partial charge in [-0.25, -0.2) is 4.98 Å². The van der Waals surface area contributed by atoms with Gasteiger partial charge in [-0.15, -0.1) is 6.58 Å². The fourth-order valence-corrected chi connectivity index (χ4v) is 3.38. The summed E-state index contributed by atoms with van der Waals surface area (Å²) in [7, 11) is 0. The molecule has 1 aromatic rings. The van der Waals surface area contributed by atoms with E-state index in [0.717, 1.165) is 25.2 Å². The highest BCUT2D eigenvalue weighted by Crippen LogP contribution is 2.24. The van der Waals surface area contributed by atoms with Crippen molar-refractivity contribution < 1.29 is 0 Å². The van der Waals surface area contributed by atoms with E-state index >= 15 is 0 Å². The van der Waals surface area contributed by atoms with Crippen molar-refractivity contribution in [2.75, 3.05) is 5.75 Å². The van der Waals surface area contributed by atoms with Crippen LogP contribution in [0.2, 0.25) is 0 Å². The Balaban J connectivity index is 1.84. The van der Waals surface area contributed by atoms with Crippen LogP contribution in [0.4, 0.5) is 0 Å². The number of allylic oxidation sites excluding steroid dienone is 1. The van der Waals surface area contributed by atoms with Crippen molar-refractivity contribution in [3.8, 4) is 0 Å². The molecule has 0 saturated carbocycles. The van der Waals surface area contributed by atoms with Crippen LogP contribution in [0.15, 0.2) is 24.0 Å². The normalized spacial score (nSPS) is 17.4. The number of imidazole rings is 1. The highest BCUT2D eigenvalue weighted by molar-refractivity contribution is 7.99. The number of fused-ring (bicyclic) bond motifs is 1. The van der Waals surface area contributed by atoms with E-state index in [4.69, 9.17) is 0 Å². The van der Waals surface area contributed by atoms with Crippen molar-refractivity contribution in [2.45, 2.75) is 51.0 Å². The minimum Gasteiger partial charge on any atom is -0.325 e. The zero-order valence-corrected chi connectivity index (χ0v) is 12.2. The van der Waals surface area contributed by atoms with Crippen molar-refractivity contribution in [2.24, 2.45) is 5.92 Å². The fourth-order valence-electron chi connectivity index (χ4n) is 2.42. The minimum atomic E-state index is 0.511. The Kier molecular flexibility index (Phi) is 4.89. The molecular formula is C14H23N3S. The molecule has 2 heterocycles. The highest BCUT2D eigenvalue weighted by atomic mass is 32.2. The SMILES string of the molecule is C=CCC(CC)C(C)NCc1cn2c(n1)SCC2. The van der Waals surface area contributed by atoms with E-state index in [-0.39, 0.29) is 0 Å². The minimum absolute atomic E-state index is 0.511. The van der Waals surface area contributed by atoms with Crippen LogP contribution in [0, 0.1) is 5.92 Å². The first-order valence-electron chi connectivity index (χ1n) is 6.77. The second-order valence-electron chi connectivity index (χ2n) is 4.92. The molecule has 4 heteroatoms. The van der Waals surface area contributed by atoms with Crippen LogP contribution in [-0.2, 0) is 13.1 Å². The van der Waals surface area contributed by atoms with Crippen LogP contribution in [0.1, 0.15) is 32.4 Å². The standard InChI is InChI=1S/C14H23N3S/c1-4-6-12(5-2)11(3)15-9-13-10-17-7-8-18-14(17)16-13/h4,10-12,15H,1,5-9H2,2-3H3. The van der Waals surface area contributed by atoms with Crippen LogP contribution in [-0.4, -0.2) is 21.3 Å². The lowest BCUT2D eigenvalue weighted by Gasteiger charge is -2.22. The number of hydrogen-bond acceptors (Lipinski definition) is 3. The lowest BCUT2D eigenvalue weighted by atomic mass is 9.94. The summed E-state index contributed by atoms with van der Waals surface area (Å²) in [5, 5.41) is 4.77. The summed E-state index contributed by atoms with van der Waals surface area (Å²) >= 11 is 1.85. The predicted octanol–water partition coefficient (Wildman–Crippen LogP) is 3.07. The number of hydrogen-bond donors (Lipinski definition) is 1. The number of rotatable bonds is 7. The number of thioether (sulfide) groups is 1. The first-order chi connectivity index (χ1) is 8.74. The topological polar surface area (TPSA) is 29.9 Å². The van der Waals surface area contributed by atoms with Crippen molar-refractivity contribution in [3.63, 3.8) is 0 Å². The van der Waals surface area contributed by atoms with Gasteiger partial charge in [-0.3, -0.25) is 0 Å². The van der Waals surface area contributed by atoms with Crippen LogP contribution >= 0.6 is 11.8 Å². The van der Waals surface area contributed by atoms with E-state index in [1.807, 2.05) is 17.8 Å². The lowest BCUT2D eigenvalue weighted by molar-refractivity contribution is 0.364. The summed E-state index contributed by atoms with van der Waals surface area (Å²) in [5.41, 5.74) is 1.16. The summed E-state index contributed by atoms with van der Waals surface area (Å²) in [6.45, 7) is 10.3. The molecule has 0 aromatic carbocycles. The Morgan fingerprint density at radius 3 is 3.17 bits per heavy atom. The summed E-state index contributed by atoms with van der Waals surface area (Å²) in [6.07, 6.45) is 6.48. The summed E-state index contributed by atoms with van der Waals surface area (Å²) in [6, 6.07) is 0.511. The average Bonchev–Trinajstić information content (AvgIpc) is 2.93. The number of aromatic nitrogens is 2. The molecule has 1 N–H and O–H groups in total. The third-order valence-electron chi connectivity index (χ3n) is 3.66. The van der Waals surface area contributed by atoms with Gasteiger partial charge in [-0.2, -0.15) is 0 Å². The van der Waals surface area contributed by atoms with Crippen molar-refractivity contribution >= 4 is 11.8 Å². The Bertz CT molecular complexity index is 378. The molecule has 2 atom stereocenters. The summed E-state index contributed by atoms with van der Waals surface area (Å²) in [4.78, 5) is 4.64. The average molecular weight is 265 g/mol. The largest absolute Gasteiger partial charge is 0.325 e. The van der Waals surface area contributed by atoms with Crippen molar-refractivity contribution in [3.05, 3.63) is 24.5 Å². The molecule has 1 aromatic heterocycles. The smallest absolute Gasteiger partial charge is 0.168 e. The van der Waals surface area contributed by atoms with Crippen LogP contribution < -0.4 is 5.32 Å². The van der Waals surface area contributed by atoms with Gasteiger partial charge in [-0.1, -0.05) is 31.2 Å². The Labute approximate surface area is 114 Å². The van der Waals surface area contributed by atoms with Gasteiger partial charge in [0, 0.05) is 31.1 Å². The molecule has 1 aliphatic rings. The quantitative estimate of drug-likeness (QED) is 0.768. The van der Waals surface area contributed by atoms with Crippen LogP contribution in [0.5, 0.6) is 0 Å². The van der Waals surface area contributed by atoms with E-state index in [9.17, 15) is 0 Å². The lowest BCUT2D eigenvalue weighted by Crippen LogP contribution is -2.32. The summed E-state index contributed by atoms with van der Waals surface area (Å²) in [5.74, 6) is 1.84. The molecule has 0 aliphatic carbocycles. The van der Waals surface area contributed by atoms with E-state index in [1.165, 1.54) is 17.3 Å². The molecular weight excluding hydrogens is 242 g/mol. The second kappa shape index (κ2) is 6.43. The zero-order valence-electron chi connectivity index (χ0n) is 11.4. The summed E-state index contributed by atoms with van der Waals surface area (Å²) < 4.78 is 2.26. The molecule has 0 bridgehead atoms. The van der Waals surface area contributed by atoms with Crippen LogP contribution in [0.25, 0.3) is 0 Å². The van der Waals surface area contributed by atoms with Crippen LogP contribution in [0.3, 0.4) is 0 Å². The monoisotopic (exact) mass is 265 g/mol. The Morgan fingerprint density at radius 2 is 2.50 bits per heavy atom.